The molecule has 1 atom stereocenters. The van der Waals surface area contributed by atoms with E-state index in [1.807, 2.05) is 0 Å². The lowest BCUT2D eigenvalue weighted by Gasteiger charge is -2.17. The molecule has 0 radical (unpaired) electrons. The van der Waals surface area contributed by atoms with Crippen LogP contribution in [0.2, 0.25) is 0 Å². The zero-order valence-electron chi connectivity index (χ0n) is 14.3. The fourth-order valence-corrected chi connectivity index (χ4v) is 2.45. The summed E-state index contributed by atoms with van der Waals surface area (Å²) in [5, 5.41) is 10.2. The van der Waals surface area contributed by atoms with E-state index in [0.29, 0.717) is 11.3 Å². The molecule has 1 heterocycles. The van der Waals surface area contributed by atoms with Crippen LogP contribution in [0.5, 0.6) is 11.5 Å². The van der Waals surface area contributed by atoms with Crippen LogP contribution in [-0.2, 0) is 20.9 Å². The van der Waals surface area contributed by atoms with Crippen LogP contribution in [0, 0.1) is 0 Å². The minimum atomic E-state index is -0.692. The number of rotatable bonds is 7. The Labute approximate surface area is 144 Å². The number of carbonyl (C=O) groups is 1. The molecule has 0 aliphatic heterocycles. The predicted molar refractivity (Wildman–Crippen MR) is 88.8 cm³/mol. The first-order valence-electron chi connectivity index (χ1n) is 7.55. The van der Waals surface area contributed by atoms with E-state index in [-0.39, 0.29) is 24.5 Å². The molecular weight excluding hydrogens is 328 g/mol. The zero-order valence-corrected chi connectivity index (χ0v) is 14.3. The minimum absolute atomic E-state index is 0.00452. The normalized spacial score (nSPS) is 11.8. The number of ether oxygens (including phenoxy) is 3. The van der Waals surface area contributed by atoms with Crippen LogP contribution in [0.1, 0.15) is 29.4 Å². The highest BCUT2D eigenvalue weighted by Gasteiger charge is 2.26. The summed E-state index contributed by atoms with van der Waals surface area (Å²) in [5.41, 5.74) is 0.0656. The first kappa shape index (κ1) is 18.5. The van der Waals surface area contributed by atoms with E-state index in [9.17, 15) is 14.7 Å². The molecule has 0 saturated carbocycles. The second-order valence-corrected chi connectivity index (χ2v) is 5.33. The molecule has 0 saturated heterocycles. The molecule has 2 rings (SSSR count). The topological polar surface area (TPSA) is 95.2 Å². The summed E-state index contributed by atoms with van der Waals surface area (Å²) in [5.74, 6) is -0.842. The molecule has 2 aromatic rings. The van der Waals surface area contributed by atoms with Gasteiger partial charge in [0.1, 0.15) is 18.1 Å². The van der Waals surface area contributed by atoms with Gasteiger partial charge in [-0.1, -0.05) is 12.1 Å². The number of hydrogen-bond acceptors (Lipinski definition) is 7. The fourth-order valence-electron chi connectivity index (χ4n) is 2.45. The largest absolute Gasteiger partial charge is 0.502 e. The van der Waals surface area contributed by atoms with Crippen molar-refractivity contribution in [3.05, 3.63) is 57.6 Å². The summed E-state index contributed by atoms with van der Waals surface area (Å²) in [4.78, 5) is 23.9. The van der Waals surface area contributed by atoms with E-state index in [4.69, 9.17) is 18.6 Å². The third-order valence-corrected chi connectivity index (χ3v) is 3.72. The van der Waals surface area contributed by atoms with Crippen molar-refractivity contribution in [3.63, 3.8) is 0 Å². The van der Waals surface area contributed by atoms with Crippen LogP contribution >= 0.6 is 0 Å². The summed E-state index contributed by atoms with van der Waals surface area (Å²) in [7, 11) is 4.27. The maximum Gasteiger partial charge on any atom is 0.306 e. The third-order valence-electron chi connectivity index (χ3n) is 3.72. The van der Waals surface area contributed by atoms with Crippen LogP contribution in [0.25, 0.3) is 0 Å². The van der Waals surface area contributed by atoms with Gasteiger partial charge in [-0.3, -0.25) is 9.59 Å². The smallest absolute Gasteiger partial charge is 0.306 e. The van der Waals surface area contributed by atoms with E-state index in [0.717, 1.165) is 6.07 Å². The predicted octanol–water partition coefficient (Wildman–Crippen LogP) is 2.20. The van der Waals surface area contributed by atoms with Gasteiger partial charge in [-0.2, -0.15) is 0 Å². The molecule has 1 aromatic carbocycles. The molecule has 0 fully saturated rings. The van der Waals surface area contributed by atoms with Crippen LogP contribution in [0.3, 0.4) is 0 Å². The van der Waals surface area contributed by atoms with Gasteiger partial charge in [-0.15, -0.1) is 0 Å². The number of hydrogen-bond donors (Lipinski definition) is 1. The van der Waals surface area contributed by atoms with Crippen molar-refractivity contribution in [2.45, 2.75) is 18.9 Å². The zero-order chi connectivity index (χ0) is 18.4. The van der Waals surface area contributed by atoms with Gasteiger partial charge >= 0.3 is 5.97 Å². The molecule has 0 aliphatic rings. The van der Waals surface area contributed by atoms with Crippen LogP contribution in [0.15, 0.2) is 39.5 Å². The summed E-state index contributed by atoms with van der Waals surface area (Å²) in [6.07, 6.45) is -0.101. The van der Waals surface area contributed by atoms with Gasteiger partial charge in [-0.05, 0) is 17.7 Å². The first-order chi connectivity index (χ1) is 12.0. The second-order valence-electron chi connectivity index (χ2n) is 5.33. The third kappa shape index (κ3) is 4.39. The molecule has 7 nitrogen and oxygen atoms in total. The summed E-state index contributed by atoms with van der Waals surface area (Å²) in [6, 6.07) is 8.05. The lowest BCUT2D eigenvalue weighted by Crippen LogP contribution is -2.14. The number of esters is 1. The number of benzene rings is 1. The van der Waals surface area contributed by atoms with Gasteiger partial charge < -0.3 is 23.7 Å². The van der Waals surface area contributed by atoms with Crippen molar-refractivity contribution in [2.75, 3.05) is 21.3 Å². The number of methoxy groups -OCH3 is 3. The monoisotopic (exact) mass is 348 g/mol. The Kier molecular flexibility index (Phi) is 6.19. The van der Waals surface area contributed by atoms with Crippen LogP contribution in [-0.4, -0.2) is 32.4 Å². The highest BCUT2D eigenvalue weighted by Crippen LogP contribution is 2.34. The maximum atomic E-state index is 12.0. The van der Waals surface area contributed by atoms with E-state index in [1.165, 1.54) is 14.2 Å². The van der Waals surface area contributed by atoms with Crippen LogP contribution < -0.4 is 10.2 Å². The molecular formula is C18H20O7. The molecule has 0 spiro atoms. The van der Waals surface area contributed by atoms with Gasteiger partial charge in [0.15, 0.2) is 5.76 Å². The van der Waals surface area contributed by atoms with Gasteiger partial charge in [0, 0.05) is 13.2 Å². The van der Waals surface area contributed by atoms with Gasteiger partial charge in [-0.25, -0.2) is 0 Å². The molecule has 0 amide bonds. The average Bonchev–Trinajstić information content (AvgIpc) is 2.63. The average molecular weight is 348 g/mol. The highest BCUT2D eigenvalue weighted by molar-refractivity contribution is 5.71. The fraction of sp³-hybridized carbons (Fsp3) is 0.333. The lowest BCUT2D eigenvalue weighted by molar-refractivity contribution is -0.140. The second kappa shape index (κ2) is 8.34. The Balaban J connectivity index is 2.54. The van der Waals surface area contributed by atoms with Crippen molar-refractivity contribution in [1.29, 1.82) is 0 Å². The molecule has 1 aromatic heterocycles. The van der Waals surface area contributed by atoms with Crippen LogP contribution in [0.4, 0.5) is 0 Å². The molecule has 1 N–H and O–H groups in total. The standard InChI is InChI=1S/C18H20O7/c1-22-10-13-8-15(19)17(21)18(25-13)14(9-16(20)24-3)11-4-6-12(23-2)7-5-11/h4-8,14,21H,9-10H2,1-3H3. The number of carbonyl (C=O) groups excluding carboxylic acids is 1. The quantitative estimate of drug-likeness (QED) is 0.766. The minimum Gasteiger partial charge on any atom is -0.502 e. The molecule has 134 valence electrons. The van der Waals surface area contributed by atoms with E-state index in [1.54, 1.807) is 31.4 Å². The molecule has 0 bridgehead atoms. The highest BCUT2D eigenvalue weighted by atomic mass is 16.5. The molecule has 7 heteroatoms. The Morgan fingerprint density at radius 3 is 2.44 bits per heavy atom. The maximum absolute atomic E-state index is 12.0. The van der Waals surface area contributed by atoms with Crippen molar-refractivity contribution in [1.82, 2.24) is 0 Å². The Hall–Kier alpha value is -2.80. The lowest BCUT2D eigenvalue weighted by atomic mass is 9.92. The van der Waals surface area contributed by atoms with E-state index >= 15 is 0 Å². The van der Waals surface area contributed by atoms with Crippen molar-refractivity contribution in [2.24, 2.45) is 0 Å². The Bertz CT molecular complexity index is 777. The Morgan fingerprint density at radius 2 is 1.88 bits per heavy atom. The summed E-state index contributed by atoms with van der Waals surface area (Å²) in [6.45, 7) is 0.0656. The first-order valence-corrected chi connectivity index (χ1v) is 7.55. The SMILES string of the molecule is COCc1cc(=O)c(O)c(C(CC(=O)OC)c2ccc(OC)cc2)o1. The van der Waals surface area contributed by atoms with Gasteiger partial charge in [0.05, 0.1) is 26.6 Å². The van der Waals surface area contributed by atoms with Crippen molar-refractivity contribution >= 4 is 5.97 Å². The van der Waals surface area contributed by atoms with Gasteiger partial charge in [0.2, 0.25) is 11.2 Å². The molecule has 25 heavy (non-hydrogen) atoms. The Morgan fingerprint density at radius 1 is 1.20 bits per heavy atom. The van der Waals surface area contributed by atoms with E-state index in [2.05, 4.69) is 0 Å². The molecule has 1 unspecified atom stereocenters. The molecule has 0 aliphatic carbocycles. The van der Waals surface area contributed by atoms with E-state index < -0.39 is 23.1 Å². The van der Waals surface area contributed by atoms with Crippen molar-refractivity contribution in [3.8, 4) is 11.5 Å². The number of aromatic hydroxyl groups is 1. The summed E-state index contributed by atoms with van der Waals surface area (Å²) < 4.78 is 20.5. The summed E-state index contributed by atoms with van der Waals surface area (Å²) >= 11 is 0. The van der Waals surface area contributed by atoms with Crippen molar-refractivity contribution < 1.29 is 28.5 Å². The van der Waals surface area contributed by atoms with Gasteiger partial charge in [0.25, 0.3) is 0 Å².